The molecule has 3 atom stereocenters. The topological polar surface area (TPSA) is 88.2 Å². The molecule has 0 saturated carbocycles. The van der Waals surface area contributed by atoms with Crippen molar-refractivity contribution >= 4 is 17.7 Å². The van der Waals surface area contributed by atoms with E-state index < -0.39 is 89.9 Å². The van der Waals surface area contributed by atoms with E-state index in [0.29, 0.717) is 0 Å². The molecule has 3 unspecified atom stereocenters. The van der Waals surface area contributed by atoms with E-state index in [4.69, 9.17) is 24.6 Å². The van der Waals surface area contributed by atoms with Crippen LogP contribution < -0.4 is 10.1 Å². The number of morpholine rings is 1. The van der Waals surface area contributed by atoms with Crippen LogP contribution in [0.4, 0.5) is 4.39 Å². The third kappa shape index (κ3) is 4.85. The lowest BCUT2D eigenvalue weighted by molar-refractivity contribution is -0.136. The monoisotopic (exact) mass is 506 g/mol. The molecule has 0 aliphatic carbocycles. The van der Waals surface area contributed by atoms with Crippen LogP contribution >= 0.6 is 0 Å². The minimum Gasteiger partial charge on any atom is -0.488 e. The standard InChI is InChI=1S/C27H30FN3O5/c1-16-11-30(12-17(2)36-16)13-18-5-3-6-19(25(18)28)15-35-23-8-4-7-20-21(23)14-31(27(20)34)22-9-10-24(32)29-26(22)33/h3-8,16-17,22H,9-15H2,1-2H3,(H,29,32,33)/i9D2,10D2,13D2,14D2,15D2,22D. The van der Waals surface area contributed by atoms with Gasteiger partial charge in [-0.15, -0.1) is 0 Å². The lowest BCUT2D eigenvalue weighted by atomic mass is 10.0. The number of amides is 3. The fraction of sp³-hybridized carbons (Fsp3) is 0.444. The average Bonchev–Trinajstić information content (AvgIpc) is 3.16. The number of nitrogens with zero attached hydrogens (tertiary/aromatic N) is 2. The summed E-state index contributed by atoms with van der Waals surface area (Å²) in [6, 6.07) is 2.82. The minimum atomic E-state index is -3.79. The lowest BCUT2D eigenvalue weighted by Gasteiger charge is -2.35. The maximum Gasteiger partial charge on any atom is 0.255 e. The molecule has 1 N–H and O–H groups in total. The van der Waals surface area contributed by atoms with Gasteiger partial charge in [-0.2, -0.15) is 0 Å². The second-order valence-electron chi connectivity index (χ2n) is 8.46. The zero-order chi connectivity index (χ0) is 35.3. The molecule has 0 radical (unpaired) electrons. The van der Waals surface area contributed by atoms with Crippen LogP contribution in [0.25, 0.3) is 0 Å². The number of ether oxygens (including phenoxy) is 2. The van der Waals surface area contributed by atoms with Crippen molar-refractivity contribution in [2.24, 2.45) is 0 Å². The smallest absolute Gasteiger partial charge is 0.255 e. The molecule has 8 nitrogen and oxygen atoms in total. The molecule has 2 aromatic carbocycles. The summed E-state index contributed by atoms with van der Waals surface area (Å²) in [7, 11) is 0. The Morgan fingerprint density at radius 1 is 1.17 bits per heavy atom. The van der Waals surface area contributed by atoms with Gasteiger partial charge >= 0.3 is 0 Å². The highest BCUT2D eigenvalue weighted by molar-refractivity contribution is 6.05. The van der Waals surface area contributed by atoms with Crippen LogP contribution in [0.15, 0.2) is 36.4 Å². The van der Waals surface area contributed by atoms with Gasteiger partial charge in [0.1, 0.15) is 24.1 Å². The Balaban J connectivity index is 1.55. The number of hydrogen-bond donors (Lipinski definition) is 1. The first-order valence-electron chi connectivity index (χ1n) is 16.7. The summed E-state index contributed by atoms with van der Waals surface area (Å²) in [5, 5.41) is 1.49. The SMILES string of the molecule is [2H]C([2H])(Oc1cccc2c1C([2H])([2H])N(C1([2H])C(=O)NC(=O)C([2H])([2H])C1([2H])[2H])C2=O)c1cccc(C([2H])([2H])N2CC(C)OC(C)C2)c1F. The molecule has 190 valence electrons. The zero-order valence-corrected chi connectivity index (χ0v) is 19.3. The molecule has 0 bridgehead atoms. The predicted molar refractivity (Wildman–Crippen MR) is 129 cm³/mol. The van der Waals surface area contributed by atoms with Crippen molar-refractivity contribution in [2.45, 2.75) is 64.4 Å². The molecule has 3 amide bonds. The number of benzene rings is 2. The van der Waals surface area contributed by atoms with Crippen LogP contribution in [0.2, 0.25) is 0 Å². The molecular weight excluding hydrogens is 465 g/mol. The summed E-state index contributed by atoms with van der Waals surface area (Å²) in [4.78, 5) is 39.8. The van der Waals surface area contributed by atoms with Crippen LogP contribution in [0, 0.1) is 5.82 Å². The van der Waals surface area contributed by atoms with Crippen molar-refractivity contribution in [1.29, 1.82) is 0 Å². The van der Waals surface area contributed by atoms with Gasteiger partial charge in [-0.3, -0.25) is 24.6 Å². The fourth-order valence-corrected chi connectivity index (χ4v) is 4.12. The molecule has 2 fully saturated rings. The molecule has 0 spiro atoms. The van der Waals surface area contributed by atoms with Crippen LogP contribution in [-0.2, 0) is 33.9 Å². The highest BCUT2D eigenvalue weighted by Gasteiger charge is 2.40. The largest absolute Gasteiger partial charge is 0.488 e. The van der Waals surface area contributed by atoms with Crippen LogP contribution in [0.1, 0.15) is 68.7 Å². The van der Waals surface area contributed by atoms with Crippen molar-refractivity contribution in [3.8, 4) is 5.75 Å². The van der Waals surface area contributed by atoms with E-state index in [0.717, 1.165) is 30.3 Å². The summed E-state index contributed by atoms with van der Waals surface area (Å²) in [5.41, 5.74) is -2.66. The Bertz CT molecular complexity index is 1670. The maximum atomic E-state index is 16.1. The molecule has 3 heterocycles. The number of rotatable bonds is 6. The van der Waals surface area contributed by atoms with E-state index in [1.807, 2.05) is 0 Å². The first kappa shape index (κ1) is 14.4. The van der Waals surface area contributed by atoms with Gasteiger partial charge in [0.15, 0.2) is 0 Å². The predicted octanol–water partition coefficient (Wildman–Crippen LogP) is 2.77. The molecule has 2 saturated heterocycles. The van der Waals surface area contributed by atoms with E-state index >= 15 is 4.39 Å². The number of fused-ring (bicyclic) bond motifs is 1. The number of nitrogens with one attached hydrogen (secondary N) is 1. The third-order valence-electron chi connectivity index (χ3n) is 5.61. The maximum absolute atomic E-state index is 16.1. The lowest BCUT2D eigenvalue weighted by Crippen LogP contribution is -2.52. The number of carbonyl (C=O) groups excluding carboxylic acids is 3. The summed E-state index contributed by atoms with van der Waals surface area (Å²) in [6.07, 6.45) is -8.11. The highest BCUT2D eigenvalue weighted by atomic mass is 19.1. The normalized spacial score (nSPS) is 36.1. The van der Waals surface area contributed by atoms with Gasteiger partial charge in [0, 0.05) is 56.4 Å². The van der Waals surface area contributed by atoms with Crippen molar-refractivity contribution < 1.29 is 43.3 Å². The molecule has 3 aliphatic rings. The van der Waals surface area contributed by atoms with Crippen molar-refractivity contribution in [1.82, 2.24) is 15.1 Å². The summed E-state index contributed by atoms with van der Waals surface area (Å²) < 4.78 is 121. The Labute approximate surface area is 224 Å². The first-order chi connectivity index (χ1) is 21.4. The third-order valence-corrected chi connectivity index (χ3v) is 5.61. The summed E-state index contributed by atoms with van der Waals surface area (Å²) in [6.45, 7) is -5.23. The Hall–Kier alpha value is -3.30. The van der Waals surface area contributed by atoms with Gasteiger partial charge in [0.2, 0.25) is 11.8 Å². The zero-order valence-electron chi connectivity index (χ0n) is 30.3. The molecule has 9 heteroatoms. The number of halogens is 1. The van der Waals surface area contributed by atoms with Gasteiger partial charge in [-0.05, 0) is 32.4 Å². The second kappa shape index (κ2) is 9.99. The quantitative estimate of drug-likeness (QED) is 0.607. The Morgan fingerprint density at radius 2 is 1.89 bits per heavy atom. The minimum absolute atomic E-state index is 0.114. The average molecular weight is 507 g/mol. The van der Waals surface area contributed by atoms with Gasteiger partial charge in [0.25, 0.3) is 5.91 Å². The van der Waals surface area contributed by atoms with E-state index in [2.05, 4.69) is 0 Å². The van der Waals surface area contributed by atoms with E-state index in [9.17, 15) is 14.4 Å². The number of imide groups is 1. The molecule has 36 heavy (non-hydrogen) atoms. The number of carbonyl (C=O) groups is 3. The summed E-state index contributed by atoms with van der Waals surface area (Å²) >= 11 is 0. The Kier molecular flexibility index (Phi) is 4.01. The fourth-order valence-electron chi connectivity index (χ4n) is 4.12. The van der Waals surface area contributed by atoms with Gasteiger partial charge < -0.3 is 14.4 Å². The highest BCUT2D eigenvalue weighted by Crippen LogP contribution is 2.34. The molecule has 0 aromatic heterocycles. The summed E-state index contributed by atoms with van der Waals surface area (Å²) in [5.74, 6) is -7.03. The van der Waals surface area contributed by atoms with Crippen molar-refractivity contribution in [3.05, 3.63) is 64.5 Å². The first-order valence-corrected chi connectivity index (χ1v) is 11.2. The van der Waals surface area contributed by atoms with Crippen molar-refractivity contribution in [3.63, 3.8) is 0 Å². The Morgan fingerprint density at radius 3 is 2.67 bits per heavy atom. The van der Waals surface area contributed by atoms with Crippen LogP contribution in [0.3, 0.4) is 0 Å². The van der Waals surface area contributed by atoms with Gasteiger partial charge in [0.05, 0.1) is 25.6 Å². The van der Waals surface area contributed by atoms with Crippen LogP contribution in [0.5, 0.6) is 5.75 Å². The second-order valence-corrected chi connectivity index (χ2v) is 8.46. The van der Waals surface area contributed by atoms with Gasteiger partial charge in [-0.1, -0.05) is 24.3 Å². The van der Waals surface area contributed by atoms with E-state index in [1.54, 1.807) is 13.8 Å². The van der Waals surface area contributed by atoms with Gasteiger partial charge in [-0.25, -0.2) is 4.39 Å². The van der Waals surface area contributed by atoms with Crippen molar-refractivity contribution in [2.75, 3.05) is 13.1 Å². The van der Waals surface area contributed by atoms with E-state index in [1.165, 1.54) is 16.3 Å². The molecular formula is C27H30FN3O5. The molecule has 5 rings (SSSR count). The molecule has 3 aliphatic heterocycles. The molecule has 2 aromatic rings. The van der Waals surface area contributed by atoms with E-state index in [-0.39, 0.29) is 30.2 Å². The van der Waals surface area contributed by atoms with Crippen LogP contribution in [-0.4, -0.2) is 58.8 Å². The number of piperidine rings is 1. The number of hydrogen-bond acceptors (Lipinski definition) is 6.